The Morgan fingerprint density at radius 3 is 2.61 bits per heavy atom. The molecule has 1 N–H and O–H groups in total. The topological polar surface area (TPSA) is 39.1 Å². The van der Waals surface area contributed by atoms with Crippen LogP contribution < -0.4 is 5.32 Å². The molecule has 0 aliphatic rings. The molecule has 0 amide bonds. The lowest BCUT2D eigenvalue weighted by Gasteiger charge is -2.29. The van der Waals surface area contributed by atoms with Crippen molar-refractivity contribution in [1.82, 2.24) is 4.90 Å². The Hall–Kier alpha value is -1.05. The van der Waals surface area contributed by atoms with Gasteiger partial charge in [-0.2, -0.15) is 5.26 Å². The number of benzene rings is 1. The van der Waals surface area contributed by atoms with E-state index in [1.807, 2.05) is 18.2 Å². The zero-order chi connectivity index (χ0) is 13.8. The summed E-state index contributed by atoms with van der Waals surface area (Å²) >= 11 is 3.37. The first-order valence-corrected chi connectivity index (χ1v) is 6.71. The largest absolute Gasteiger partial charge is 0.383 e. The van der Waals surface area contributed by atoms with Crippen molar-refractivity contribution in [2.75, 3.05) is 32.5 Å². The lowest BCUT2D eigenvalue weighted by molar-refractivity contribution is 0.254. The number of hydrogen-bond donors (Lipinski definition) is 1. The first-order chi connectivity index (χ1) is 8.34. The van der Waals surface area contributed by atoms with E-state index >= 15 is 0 Å². The summed E-state index contributed by atoms with van der Waals surface area (Å²) in [5.41, 5.74) is 1.72. The average molecular weight is 310 g/mol. The summed E-state index contributed by atoms with van der Waals surface area (Å²) in [4.78, 5) is 2.18. The Labute approximate surface area is 118 Å². The summed E-state index contributed by atoms with van der Waals surface area (Å²) in [7, 11) is 4.14. The highest BCUT2D eigenvalue weighted by Crippen LogP contribution is 2.23. The van der Waals surface area contributed by atoms with Crippen LogP contribution in [0.25, 0.3) is 0 Å². The Morgan fingerprint density at radius 2 is 2.06 bits per heavy atom. The zero-order valence-corrected chi connectivity index (χ0v) is 13.0. The third kappa shape index (κ3) is 4.67. The molecule has 0 unspecified atom stereocenters. The van der Waals surface area contributed by atoms with Gasteiger partial charge in [0.2, 0.25) is 0 Å². The first-order valence-electron chi connectivity index (χ1n) is 5.92. The Balaban J connectivity index is 2.72. The molecule has 0 atom stereocenters. The third-order valence-corrected chi connectivity index (χ3v) is 3.10. The van der Waals surface area contributed by atoms with E-state index in [1.54, 1.807) is 0 Å². The third-order valence-electron chi connectivity index (χ3n) is 2.60. The van der Waals surface area contributed by atoms with Crippen LogP contribution in [0.2, 0.25) is 0 Å². The van der Waals surface area contributed by atoms with Crippen LogP contribution in [0.1, 0.15) is 19.4 Å². The molecule has 0 aliphatic carbocycles. The van der Waals surface area contributed by atoms with Crippen molar-refractivity contribution < 1.29 is 0 Å². The van der Waals surface area contributed by atoms with E-state index < -0.39 is 0 Å². The van der Waals surface area contributed by atoms with Crippen LogP contribution in [0.5, 0.6) is 0 Å². The minimum atomic E-state index is 0.156. The molecule has 1 aromatic carbocycles. The zero-order valence-electron chi connectivity index (χ0n) is 11.4. The maximum Gasteiger partial charge on any atom is 0.101 e. The molecule has 1 rings (SSSR count). The van der Waals surface area contributed by atoms with Crippen molar-refractivity contribution in [3.8, 4) is 6.07 Å². The van der Waals surface area contributed by atoms with Crippen LogP contribution in [-0.2, 0) is 0 Å². The van der Waals surface area contributed by atoms with Gasteiger partial charge >= 0.3 is 0 Å². The van der Waals surface area contributed by atoms with Gasteiger partial charge in [0.25, 0.3) is 0 Å². The lowest BCUT2D eigenvalue weighted by Crippen LogP contribution is -2.34. The van der Waals surface area contributed by atoms with Gasteiger partial charge in [-0.15, -0.1) is 0 Å². The summed E-state index contributed by atoms with van der Waals surface area (Å²) < 4.78 is 0.928. The average Bonchev–Trinajstić information content (AvgIpc) is 2.25. The number of nitrogens with one attached hydrogen (secondary N) is 1. The lowest BCUT2D eigenvalue weighted by atomic mass is 9.92. The minimum absolute atomic E-state index is 0.156. The molecule has 0 aromatic heterocycles. The molecule has 18 heavy (non-hydrogen) atoms. The fourth-order valence-electron chi connectivity index (χ4n) is 2.01. The number of nitriles is 1. The first kappa shape index (κ1) is 15.0. The molecule has 0 fully saturated rings. The highest BCUT2D eigenvalue weighted by Gasteiger charge is 2.19. The molecular weight excluding hydrogens is 290 g/mol. The fraction of sp³-hybridized carbons (Fsp3) is 0.500. The molecule has 0 saturated heterocycles. The van der Waals surface area contributed by atoms with Crippen molar-refractivity contribution in [2.45, 2.75) is 13.8 Å². The Bertz CT molecular complexity index is 447. The van der Waals surface area contributed by atoms with E-state index in [-0.39, 0.29) is 5.41 Å². The summed E-state index contributed by atoms with van der Waals surface area (Å²) in [6.07, 6.45) is 0. The molecule has 1 aromatic rings. The number of hydrogen-bond acceptors (Lipinski definition) is 3. The monoisotopic (exact) mass is 309 g/mol. The van der Waals surface area contributed by atoms with Crippen LogP contribution in [0.3, 0.4) is 0 Å². The van der Waals surface area contributed by atoms with E-state index in [1.165, 1.54) is 0 Å². The highest BCUT2D eigenvalue weighted by atomic mass is 79.9. The minimum Gasteiger partial charge on any atom is -0.383 e. The second kappa shape index (κ2) is 6.21. The van der Waals surface area contributed by atoms with Gasteiger partial charge in [-0.25, -0.2) is 0 Å². The van der Waals surface area contributed by atoms with E-state index in [0.717, 1.165) is 23.2 Å². The SMILES string of the molecule is CN(C)CC(C)(C)CNc1ccc(Br)cc1C#N. The smallest absolute Gasteiger partial charge is 0.101 e. The number of anilines is 1. The molecule has 0 saturated carbocycles. The molecular formula is C14H20BrN3. The quantitative estimate of drug-likeness (QED) is 0.907. The second-order valence-electron chi connectivity index (χ2n) is 5.56. The van der Waals surface area contributed by atoms with Gasteiger partial charge < -0.3 is 10.2 Å². The van der Waals surface area contributed by atoms with Gasteiger partial charge in [0, 0.05) is 17.6 Å². The van der Waals surface area contributed by atoms with Crippen LogP contribution in [0.4, 0.5) is 5.69 Å². The highest BCUT2D eigenvalue weighted by molar-refractivity contribution is 9.10. The molecule has 0 bridgehead atoms. The molecule has 0 radical (unpaired) electrons. The van der Waals surface area contributed by atoms with Crippen LogP contribution >= 0.6 is 15.9 Å². The van der Waals surface area contributed by atoms with Crippen LogP contribution in [0.15, 0.2) is 22.7 Å². The van der Waals surface area contributed by atoms with Gasteiger partial charge in [0.05, 0.1) is 11.3 Å². The van der Waals surface area contributed by atoms with E-state index in [2.05, 4.69) is 60.2 Å². The van der Waals surface area contributed by atoms with E-state index in [9.17, 15) is 0 Å². The molecule has 0 heterocycles. The molecule has 0 spiro atoms. The fourth-order valence-corrected chi connectivity index (χ4v) is 2.37. The predicted molar refractivity (Wildman–Crippen MR) is 79.7 cm³/mol. The summed E-state index contributed by atoms with van der Waals surface area (Å²) in [5, 5.41) is 12.5. The van der Waals surface area contributed by atoms with Gasteiger partial charge in [0.1, 0.15) is 6.07 Å². The molecule has 0 aliphatic heterocycles. The van der Waals surface area contributed by atoms with Crippen LogP contribution in [0, 0.1) is 16.7 Å². The van der Waals surface area contributed by atoms with Crippen molar-refractivity contribution in [2.24, 2.45) is 5.41 Å². The van der Waals surface area contributed by atoms with E-state index in [4.69, 9.17) is 5.26 Å². The van der Waals surface area contributed by atoms with Gasteiger partial charge in [-0.05, 0) is 37.7 Å². The van der Waals surface area contributed by atoms with Crippen molar-refractivity contribution in [3.63, 3.8) is 0 Å². The maximum absolute atomic E-state index is 9.10. The summed E-state index contributed by atoms with van der Waals surface area (Å²) in [6, 6.07) is 7.93. The standard InChI is InChI=1S/C14H20BrN3/c1-14(2,10-18(3)4)9-17-13-6-5-12(15)7-11(13)8-16/h5-7,17H,9-10H2,1-4H3. The number of rotatable bonds is 5. The summed E-state index contributed by atoms with van der Waals surface area (Å²) in [6.45, 7) is 6.26. The molecule has 3 nitrogen and oxygen atoms in total. The Morgan fingerprint density at radius 1 is 1.39 bits per heavy atom. The van der Waals surface area contributed by atoms with Gasteiger partial charge in [0.15, 0.2) is 0 Å². The predicted octanol–water partition coefficient (Wildman–Crippen LogP) is 3.32. The Kier molecular flexibility index (Phi) is 5.18. The second-order valence-corrected chi connectivity index (χ2v) is 6.47. The maximum atomic E-state index is 9.10. The van der Waals surface area contributed by atoms with Crippen molar-refractivity contribution >= 4 is 21.6 Å². The normalized spacial score (nSPS) is 11.4. The molecule has 98 valence electrons. The number of nitrogens with zero attached hydrogens (tertiary/aromatic N) is 2. The van der Waals surface area contributed by atoms with Gasteiger partial charge in [-0.1, -0.05) is 29.8 Å². The van der Waals surface area contributed by atoms with Crippen molar-refractivity contribution in [1.29, 1.82) is 5.26 Å². The van der Waals surface area contributed by atoms with E-state index in [0.29, 0.717) is 5.56 Å². The van der Waals surface area contributed by atoms with Crippen LogP contribution in [-0.4, -0.2) is 32.1 Å². The van der Waals surface area contributed by atoms with Crippen molar-refractivity contribution in [3.05, 3.63) is 28.2 Å². The molecule has 4 heteroatoms. The summed E-state index contributed by atoms with van der Waals surface area (Å²) in [5.74, 6) is 0. The van der Waals surface area contributed by atoms with Gasteiger partial charge in [-0.3, -0.25) is 0 Å². The number of halogens is 1.